The van der Waals surface area contributed by atoms with Gasteiger partial charge in [0.15, 0.2) is 0 Å². The van der Waals surface area contributed by atoms with Gasteiger partial charge in [0.05, 0.1) is 5.69 Å². The monoisotopic (exact) mass is 402 g/mol. The number of amides is 2. The van der Waals surface area contributed by atoms with Crippen molar-refractivity contribution in [3.8, 4) is 0 Å². The Kier molecular flexibility index (Phi) is 4.92. The normalized spacial score (nSPS) is 18.0. The van der Waals surface area contributed by atoms with Crippen LogP contribution in [-0.4, -0.2) is 11.8 Å². The van der Waals surface area contributed by atoms with Gasteiger partial charge in [-0.05, 0) is 56.2 Å². The minimum atomic E-state index is -1.42. The number of anilines is 2. The molecule has 0 saturated carbocycles. The molecule has 0 aromatic heterocycles. The Labute approximate surface area is 174 Å². The van der Waals surface area contributed by atoms with Crippen LogP contribution in [0.5, 0.6) is 0 Å². The molecule has 0 spiro atoms. The lowest BCUT2D eigenvalue weighted by Crippen LogP contribution is -2.49. The second-order valence-electron chi connectivity index (χ2n) is 7.42. The lowest BCUT2D eigenvalue weighted by molar-refractivity contribution is -0.127. The van der Waals surface area contributed by atoms with Crippen LogP contribution in [0.4, 0.5) is 11.4 Å². The average molecular weight is 403 g/mol. The molecule has 1 aliphatic heterocycles. The number of carbonyl (C=O) groups is 2. The summed E-state index contributed by atoms with van der Waals surface area (Å²) in [6.45, 7) is 5.97. The van der Waals surface area contributed by atoms with Crippen LogP contribution in [0.15, 0.2) is 71.6 Å². The van der Waals surface area contributed by atoms with E-state index in [2.05, 4.69) is 10.6 Å². The van der Waals surface area contributed by atoms with E-state index >= 15 is 0 Å². The minimum absolute atomic E-state index is 0.340. The molecule has 1 unspecified atom stereocenters. The molecule has 3 aromatic rings. The topological polar surface area (TPSA) is 58.2 Å². The van der Waals surface area contributed by atoms with Crippen molar-refractivity contribution in [3.63, 3.8) is 0 Å². The highest BCUT2D eigenvalue weighted by molar-refractivity contribution is 8.02. The van der Waals surface area contributed by atoms with E-state index in [-0.39, 0.29) is 11.8 Å². The van der Waals surface area contributed by atoms with Crippen molar-refractivity contribution in [3.05, 3.63) is 89.0 Å². The molecule has 0 bridgehead atoms. The van der Waals surface area contributed by atoms with Crippen molar-refractivity contribution in [1.82, 2.24) is 0 Å². The standard InChI is InChI=1S/C24H22N2O2S/c1-15-4-9-18(10-5-15)24(22(27)25-19-11-6-16(2)7-12-19)23(28)26-20-13-8-17(3)14-21(20)29-24/h4-14H,1-3H3,(H,25,27)(H,26,28). The van der Waals surface area contributed by atoms with Crippen LogP contribution in [-0.2, 0) is 14.3 Å². The van der Waals surface area contributed by atoms with Gasteiger partial charge in [-0.15, -0.1) is 0 Å². The average Bonchev–Trinajstić information content (AvgIpc) is 2.70. The fourth-order valence-electron chi connectivity index (χ4n) is 3.35. The molecule has 2 amide bonds. The molecule has 3 aromatic carbocycles. The highest BCUT2D eigenvalue weighted by Crippen LogP contribution is 2.49. The van der Waals surface area contributed by atoms with E-state index in [1.54, 1.807) is 0 Å². The molecular formula is C24H22N2O2S. The third-order valence-corrected chi connectivity index (χ3v) is 6.53. The summed E-state index contributed by atoms with van der Waals surface area (Å²) in [5, 5.41) is 5.89. The smallest absolute Gasteiger partial charge is 0.255 e. The third kappa shape index (κ3) is 3.54. The Morgan fingerprint density at radius 1 is 0.862 bits per heavy atom. The largest absolute Gasteiger partial charge is 0.324 e. The summed E-state index contributed by atoms with van der Waals surface area (Å²) >= 11 is 1.29. The van der Waals surface area contributed by atoms with Gasteiger partial charge < -0.3 is 10.6 Å². The maximum Gasteiger partial charge on any atom is 0.255 e. The Morgan fingerprint density at radius 2 is 1.45 bits per heavy atom. The minimum Gasteiger partial charge on any atom is -0.324 e. The summed E-state index contributed by atoms with van der Waals surface area (Å²) < 4.78 is -1.42. The van der Waals surface area contributed by atoms with E-state index in [0.717, 1.165) is 27.3 Å². The Morgan fingerprint density at radius 3 is 2.10 bits per heavy atom. The lowest BCUT2D eigenvalue weighted by atomic mass is 9.94. The molecule has 0 radical (unpaired) electrons. The van der Waals surface area contributed by atoms with Crippen LogP contribution in [0, 0.1) is 20.8 Å². The molecule has 0 aliphatic carbocycles. The van der Waals surface area contributed by atoms with Crippen LogP contribution in [0.1, 0.15) is 22.3 Å². The predicted octanol–water partition coefficient (Wildman–Crippen LogP) is 5.19. The Bertz CT molecular complexity index is 1090. The van der Waals surface area contributed by atoms with Crippen molar-refractivity contribution in [2.45, 2.75) is 30.4 Å². The molecule has 4 rings (SSSR count). The molecule has 2 N–H and O–H groups in total. The number of aryl methyl sites for hydroxylation is 3. The summed E-state index contributed by atoms with van der Waals surface area (Å²) in [5.41, 5.74) is 5.30. The van der Waals surface area contributed by atoms with Gasteiger partial charge in [-0.2, -0.15) is 0 Å². The fraction of sp³-hybridized carbons (Fsp3) is 0.167. The summed E-state index contributed by atoms with van der Waals surface area (Å²) in [4.78, 5) is 27.8. The zero-order valence-corrected chi connectivity index (χ0v) is 17.4. The Balaban J connectivity index is 1.81. The van der Waals surface area contributed by atoms with Crippen molar-refractivity contribution >= 4 is 35.0 Å². The lowest BCUT2D eigenvalue weighted by Gasteiger charge is -2.35. The summed E-state index contributed by atoms with van der Waals surface area (Å²) in [7, 11) is 0. The molecule has 29 heavy (non-hydrogen) atoms. The van der Waals surface area contributed by atoms with Crippen molar-refractivity contribution in [2.75, 3.05) is 10.6 Å². The first-order valence-corrected chi connectivity index (χ1v) is 10.3. The predicted molar refractivity (Wildman–Crippen MR) is 118 cm³/mol. The zero-order chi connectivity index (χ0) is 20.6. The summed E-state index contributed by atoms with van der Waals surface area (Å²) in [6.07, 6.45) is 0. The third-order valence-electron chi connectivity index (χ3n) is 5.06. The van der Waals surface area contributed by atoms with E-state index in [0.29, 0.717) is 11.3 Å². The van der Waals surface area contributed by atoms with Crippen LogP contribution in [0.25, 0.3) is 0 Å². The second-order valence-corrected chi connectivity index (χ2v) is 8.68. The Hall–Kier alpha value is -3.05. The summed E-state index contributed by atoms with van der Waals surface area (Å²) in [6, 6.07) is 21.0. The first-order valence-electron chi connectivity index (χ1n) is 9.45. The molecule has 1 atom stereocenters. The first kappa shape index (κ1) is 19.3. The van der Waals surface area contributed by atoms with Crippen molar-refractivity contribution in [1.29, 1.82) is 0 Å². The number of fused-ring (bicyclic) bond motifs is 1. The number of carbonyl (C=O) groups excluding carboxylic acids is 2. The van der Waals surface area contributed by atoms with E-state index in [9.17, 15) is 9.59 Å². The molecule has 1 heterocycles. The highest BCUT2D eigenvalue weighted by Gasteiger charge is 2.51. The molecule has 146 valence electrons. The van der Waals surface area contributed by atoms with Gasteiger partial charge in [-0.3, -0.25) is 9.59 Å². The number of thioether (sulfide) groups is 1. The second kappa shape index (κ2) is 7.41. The van der Waals surface area contributed by atoms with Gasteiger partial charge in [0.2, 0.25) is 4.75 Å². The van der Waals surface area contributed by atoms with E-state index in [4.69, 9.17) is 0 Å². The maximum absolute atomic E-state index is 13.6. The van der Waals surface area contributed by atoms with Crippen LogP contribution < -0.4 is 10.6 Å². The maximum atomic E-state index is 13.6. The number of nitrogens with one attached hydrogen (secondary N) is 2. The number of rotatable bonds is 3. The number of benzene rings is 3. The quantitative estimate of drug-likeness (QED) is 0.593. The molecule has 1 aliphatic rings. The molecular weight excluding hydrogens is 380 g/mol. The van der Waals surface area contributed by atoms with Crippen molar-refractivity contribution < 1.29 is 9.59 Å². The van der Waals surface area contributed by atoms with Crippen LogP contribution in [0.3, 0.4) is 0 Å². The zero-order valence-electron chi connectivity index (χ0n) is 16.6. The van der Waals surface area contributed by atoms with Gasteiger partial charge >= 0.3 is 0 Å². The van der Waals surface area contributed by atoms with Gasteiger partial charge in [-0.25, -0.2) is 0 Å². The molecule has 5 heteroatoms. The van der Waals surface area contributed by atoms with Crippen LogP contribution >= 0.6 is 11.8 Å². The SMILES string of the molecule is Cc1ccc(NC(=O)C2(c3ccc(C)cc3)Sc3cc(C)ccc3NC2=O)cc1. The molecule has 0 fully saturated rings. The van der Waals surface area contributed by atoms with Gasteiger partial charge in [-0.1, -0.05) is 65.4 Å². The van der Waals surface area contributed by atoms with E-state index < -0.39 is 4.75 Å². The van der Waals surface area contributed by atoms with E-state index in [1.165, 1.54) is 11.8 Å². The molecule has 0 saturated heterocycles. The van der Waals surface area contributed by atoms with Gasteiger partial charge in [0.25, 0.3) is 11.8 Å². The number of hydrogen-bond donors (Lipinski definition) is 2. The van der Waals surface area contributed by atoms with Crippen LogP contribution in [0.2, 0.25) is 0 Å². The number of hydrogen-bond acceptors (Lipinski definition) is 3. The van der Waals surface area contributed by atoms with Crippen molar-refractivity contribution in [2.24, 2.45) is 0 Å². The molecule has 4 nitrogen and oxygen atoms in total. The first-order chi connectivity index (χ1) is 13.9. The summed E-state index contributed by atoms with van der Waals surface area (Å²) in [5.74, 6) is -0.702. The fourth-order valence-corrected chi connectivity index (χ4v) is 4.70. The van der Waals surface area contributed by atoms with E-state index in [1.807, 2.05) is 87.5 Å². The highest BCUT2D eigenvalue weighted by atomic mass is 32.2. The van der Waals surface area contributed by atoms with Gasteiger partial charge in [0, 0.05) is 10.6 Å². The van der Waals surface area contributed by atoms with Gasteiger partial charge in [0.1, 0.15) is 0 Å².